The summed E-state index contributed by atoms with van der Waals surface area (Å²) >= 11 is 0. The van der Waals surface area contributed by atoms with Crippen LogP contribution in [0.15, 0.2) is 24.3 Å². The number of hydrogen-bond acceptors (Lipinski definition) is 3. The summed E-state index contributed by atoms with van der Waals surface area (Å²) < 4.78 is 11.0. The summed E-state index contributed by atoms with van der Waals surface area (Å²) in [7, 11) is 1.62. The van der Waals surface area contributed by atoms with Crippen LogP contribution in [0.4, 0.5) is 0 Å². The van der Waals surface area contributed by atoms with Gasteiger partial charge in [0.25, 0.3) is 0 Å². The molecule has 23 heavy (non-hydrogen) atoms. The third-order valence-corrected chi connectivity index (χ3v) is 4.03. The highest BCUT2D eigenvalue weighted by Crippen LogP contribution is 2.28. The zero-order valence-electron chi connectivity index (χ0n) is 14.1. The Labute approximate surface area is 138 Å². The summed E-state index contributed by atoms with van der Waals surface area (Å²) in [5, 5.41) is 3.08. The maximum absolute atomic E-state index is 12.0. The van der Waals surface area contributed by atoms with E-state index in [9.17, 15) is 4.79 Å². The lowest BCUT2D eigenvalue weighted by Crippen LogP contribution is -2.34. The molecular weight excluding hydrogens is 290 g/mol. The quantitative estimate of drug-likeness (QED) is 0.775. The second-order valence-electron chi connectivity index (χ2n) is 5.94. The van der Waals surface area contributed by atoms with Crippen molar-refractivity contribution in [1.29, 1.82) is 0 Å². The van der Waals surface area contributed by atoms with Gasteiger partial charge in [-0.3, -0.25) is 4.79 Å². The monoisotopic (exact) mass is 317 g/mol. The van der Waals surface area contributed by atoms with Crippen LogP contribution in [0.25, 0.3) is 6.08 Å². The van der Waals surface area contributed by atoms with Crippen molar-refractivity contribution in [3.8, 4) is 11.5 Å². The number of ether oxygens (including phenoxy) is 2. The minimum absolute atomic E-state index is 0.0258. The molecule has 0 bridgehead atoms. The second-order valence-corrected chi connectivity index (χ2v) is 5.94. The highest BCUT2D eigenvalue weighted by molar-refractivity contribution is 5.92. The van der Waals surface area contributed by atoms with Gasteiger partial charge in [-0.2, -0.15) is 0 Å². The maximum Gasteiger partial charge on any atom is 0.244 e. The van der Waals surface area contributed by atoms with Crippen molar-refractivity contribution in [1.82, 2.24) is 5.32 Å². The molecule has 0 heterocycles. The number of benzene rings is 1. The molecule has 1 aliphatic rings. The molecule has 0 atom stereocenters. The number of nitrogens with one attached hydrogen (secondary N) is 1. The predicted molar refractivity (Wildman–Crippen MR) is 92.8 cm³/mol. The van der Waals surface area contributed by atoms with Crippen LogP contribution < -0.4 is 14.8 Å². The van der Waals surface area contributed by atoms with Gasteiger partial charge in [-0.1, -0.05) is 32.3 Å². The Morgan fingerprint density at radius 2 is 2.04 bits per heavy atom. The molecule has 0 saturated heterocycles. The largest absolute Gasteiger partial charge is 0.493 e. The molecule has 1 amide bonds. The van der Waals surface area contributed by atoms with Crippen LogP contribution in [0.2, 0.25) is 0 Å². The molecule has 126 valence electrons. The Morgan fingerprint density at radius 1 is 1.26 bits per heavy atom. The molecule has 1 saturated carbocycles. The SMILES string of the molecule is CCCOc1ccc(/C=C/C(=O)NC2CCCCC2)cc1OC. The minimum Gasteiger partial charge on any atom is -0.493 e. The molecule has 1 aromatic carbocycles. The van der Waals surface area contributed by atoms with Gasteiger partial charge in [-0.05, 0) is 43.0 Å². The molecule has 0 aromatic heterocycles. The second kappa shape index (κ2) is 9.23. The van der Waals surface area contributed by atoms with Gasteiger partial charge in [0.15, 0.2) is 11.5 Å². The van der Waals surface area contributed by atoms with Crippen LogP contribution in [0.1, 0.15) is 51.0 Å². The van der Waals surface area contributed by atoms with E-state index in [4.69, 9.17) is 9.47 Å². The summed E-state index contributed by atoms with van der Waals surface area (Å²) in [6.45, 7) is 2.73. The Morgan fingerprint density at radius 3 is 2.74 bits per heavy atom. The van der Waals surface area contributed by atoms with Crippen molar-refractivity contribution in [3.05, 3.63) is 29.8 Å². The van der Waals surface area contributed by atoms with Crippen LogP contribution in [0.5, 0.6) is 11.5 Å². The molecule has 0 unspecified atom stereocenters. The zero-order chi connectivity index (χ0) is 16.5. The lowest BCUT2D eigenvalue weighted by Gasteiger charge is -2.21. The summed E-state index contributed by atoms with van der Waals surface area (Å²) in [5.74, 6) is 1.40. The van der Waals surface area contributed by atoms with Gasteiger partial charge < -0.3 is 14.8 Å². The number of rotatable bonds is 7. The van der Waals surface area contributed by atoms with Crippen molar-refractivity contribution in [2.75, 3.05) is 13.7 Å². The van der Waals surface area contributed by atoms with Crippen LogP contribution in [0.3, 0.4) is 0 Å². The van der Waals surface area contributed by atoms with E-state index >= 15 is 0 Å². The smallest absolute Gasteiger partial charge is 0.244 e. The molecule has 1 aliphatic carbocycles. The Hall–Kier alpha value is -1.97. The number of methoxy groups -OCH3 is 1. The molecule has 0 spiro atoms. The number of carbonyl (C=O) groups is 1. The lowest BCUT2D eigenvalue weighted by atomic mass is 9.95. The average Bonchev–Trinajstić information content (AvgIpc) is 2.59. The Balaban J connectivity index is 1.94. The van der Waals surface area contributed by atoms with Crippen molar-refractivity contribution in [2.45, 2.75) is 51.5 Å². The lowest BCUT2D eigenvalue weighted by molar-refractivity contribution is -0.117. The van der Waals surface area contributed by atoms with Gasteiger partial charge in [-0.15, -0.1) is 0 Å². The van der Waals surface area contributed by atoms with Crippen molar-refractivity contribution >= 4 is 12.0 Å². The van der Waals surface area contributed by atoms with Gasteiger partial charge in [0, 0.05) is 12.1 Å². The fraction of sp³-hybridized carbons (Fsp3) is 0.526. The topological polar surface area (TPSA) is 47.6 Å². The number of carbonyl (C=O) groups excluding carboxylic acids is 1. The first-order valence-corrected chi connectivity index (χ1v) is 8.52. The van der Waals surface area contributed by atoms with E-state index in [1.54, 1.807) is 13.2 Å². The maximum atomic E-state index is 12.0. The molecule has 0 aliphatic heterocycles. The summed E-state index contributed by atoms with van der Waals surface area (Å²) in [6, 6.07) is 6.03. The first-order valence-electron chi connectivity index (χ1n) is 8.52. The Bertz CT molecular complexity index is 533. The highest BCUT2D eigenvalue weighted by Gasteiger charge is 2.14. The predicted octanol–water partition coefficient (Wildman–Crippen LogP) is 3.95. The van der Waals surface area contributed by atoms with Crippen LogP contribution in [-0.4, -0.2) is 25.7 Å². The number of hydrogen-bond donors (Lipinski definition) is 1. The van der Waals surface area contributed by atoms with Gasteiger partial charge >= 0.3 is 0 Å². The zero-order valence-corrected chi connectivity index (χ0v) is 14.1. The molecule has 4 nitrogen and oxygen atoms in total. The Kier molecular flexibility index (Phi) is 6.98. The van der Waals surface area contributed by atoms with Crippen LogP contribution in [-0.2, 0) is 4.79 Å². The fourth-order valence-corrected chi connectivity index (χ4v) is 2.79. The van der Waals surface area contributed by atoms with Gasteiger partial charge in [0.2, 0.25) is 5.91 Å². The average molecular weight is 317 g/mol. The molecule has 1 aromatic rings. The third-order valence-electron chi connectivity index (χ3n) is 4.03. The molecule has 1 fully saturated rings. The van der Waals surface area contributed by atoms with E-state index in [0.29, 0.717) is 18.4 Å². The summed E-state index contributed by atoms with van der Waals surface area (Å²) in [5.41, 5.74) is 0.921. The van der Waals surface area contributed by atoms with E-state index < -0.39 is 0 Å². The molecule has 2 rings (SSSR count). The molecule has 0 radical (unpaired) electrons. The van der Waals surface area contributed by atoms with Crippen molar-refractivity contribution in [3.63, 3.8) is 0 Å². The van der Waals surface area contributed by atoms with Crippen LogP contribution in [0, 0.1) is 0 Å². The van der Waals surface area contributed by atoms with E-state index in [-0.39, 0.29) is 5.91 Å². The fourth-order valence-electron chi connectivity index (χ4n) is 2.79. The van der Waals surface area contributed by atoms with Crippen LogP contribution >= 0.6 is 0 Å². The summed E-state index contributed by atoms with van der Waals surface area (Å²) in [4.78, 5) is 12.0. The summed E-state index contributed by atoms with van der Waals surface area (Å²) in [6.07, 6.45) is 10.3. The number of amides is 1. The third kappa shape index (κ3) is 5.62. The standard InChI is InChI=1S/C19H27NO3/c1-3-13-23-17-11-9-15(14-18(17)22-2)10-12-19(21)20-16-7-5-4-6-8-16/h9-12,14,16H,3-8,13H2,1-2H3,(H,20,21)/b12-10+. The van der Waals surface area contributed by atoms with E-state index in [1.165, 1.54) is 19.3 Å². The van der Waals surface area contributed by atoms with E-state index in [2.05, 4.69) is 12.2 Å². The highest BCUT2D eigenvalue weighted by atomic mass is 16.5. The van der Waals surface area contributed by atoms with E-state index in [0.717, 1.165) is 30.6 Å². The molecular formula is C19H27NO3. The van der Waals surface area contributed by atoms with Crippen molar-refractivity contribution in [2.24, 2.45) is 0 Å². The van der Waals surface area contributed by atoms with E-state index in [1.807, 2.05) is 24.3 Å². The molecule has 1 N–H and O–H groups in total. The first kappa shape index (κ1) is 17.4. The first-order chi connectivity index (χ1) is 11.2. The van der Waals surface area contributed by atoms with Crippen molar-refractivity contribution < 1.29 is 14.3 Å². The minimum atomic E-state index is -0.0258. The van der Waals surface area contributed by atoms with Gasteiger partial charge in [-0.25, -0.2) is 0 Å². The molecule has 4 heteroatoms. The van der Waals surface area contributed by atoms with Gasteiger partial charge in [0.05, 0.1) is 13.7 Å². The normalized spacial score (nSPS) is 15.6. The van der Waals surface area contributed by atoms with Gasteiger partial charge in [0.1, 0.15) is 0 Å².